The lowest BCUT2D eigenvalue weighted by Gasteiger charge is -2.30. The van der Waals surface area contributed by atoms with Crippen molar-refractivity contribution in [3.05, 3.63) is 82.4 Å². The first-order valence-corrected chi connectivity index (χ1v) is 11.7. The molecule has 2 aromatic heterocycles. The molecule has 3 heterocycles. The highest BCUT2D eigenvalue weighted by Crippen LogP contribution is 2.35. The van der Waals surface area contributed by atoms with Gasteiger partial charge in [0.05, 0.1) is 11.9 Å². The van der Waals surface area contributed by atoms with Crippen molar-refractivity contribution >= 4 is 22.9 Å². The number of aryl methyl sites for hydroxylation is 2. The number of carbonyl (C=O) groups is 2. The van der Waals surface area contributed by atoms with Gasteiger partial charge in [0, 0.05) is 31.7 Å². The van der Waals surface area contributed by atoms with Crippen molar-refractivity contribution in [2.45, 2.75) is 45.7 Å². The van der Waals surface area contributed by atoms with Crippen molar-refractivity contribution in [1.29, 1.82) is 0 Å². The fourth-order valence-electron chi connectivity index (χ4n) is 4.92. The molecule has 1 N–H and O–H groups in total. The molecule has 1 atom stereocenters. The van der Waals surface area contributed by atoms with Gasteiger partial charge in [-0.25, -0.2) is 14.6 Å². The van der Waals surface area contributed by atoms with Crippen LogP contribution in [0.25, 0.3) is 11.0 Å². The summed E-state index contributed by atoms with van der Waals surface area (Å²) in [5.74, 6) is -1.35. The lowest BCUT2D eigenvalue weighted by molar-refractivity contribution is -0.137. The van der Waals surface area contributed by atoms with Crippen molar-refractivity contribution in [2.75, 3.05) is 6.54 Å². The minimum atomic E-state index is -0.870. The number of aliphatic carboxylic acids is 1. The monoisotopic (exact) mass is 470 g/mol. The predicted molar refractivity (Wildman–Crippen MR) is 129 cm³/mol. The van der Waals surface area contributed by atoms with Crippen LogP contribution in [-0.4, -0.2) is 53.4 Å². The molecule has 0 spiro atoms. The van der Waals surface area contributed by atoms with Crippen LogP contribution in [-0.2, 0) is 24.3 Å². The van der Waals surface area contributed by atoms with Gasteiger partial charge in [-0.3, -0.25) is 9.59 Å². The molecule has 1 unspecified atom stereocenters. The second kappa shape index (κ2) is 9.25. The summed E-state index contributed by atoms with van der Waals surface area (Å²) in [7, 11) is 0. The SMILES string of the molecule is CCn1nnc2c(C)c(C(CC(=O)O)c3ccc4c(c3)CN(C(=O)c3ccncn3)CC4)ccc21. The third kappa shape index (κ3) is 4.25. The van der Waals surface area contributed by atoms with E-state index < -0.39 is 5.97 Å². The highest BCUT2D eigenvalue weighted by atomic mass is 16.4. The molecular weight excluding hydrogens is 444 g/mol. The van der Waals surface area contributed by atoms with Gasteiger partial charge in [0.2, 0.25) is 0 Å². The summed E-state index contributed by atoms with van der Waals surface area (Å²) >= 11 is 0. The fourth-order valence-corrected chi connectivity index (χ4v) is 4.92. The van der Waals surface area contributed by atoms with Gasteiger partial charge in [-0.1, -0.05) is 29.5 Å². The molecule has 9 heteroatoms. The molecule has 0 saturated heterocycles. The summed E-state index contributed by atoms with van der Waals surface area (Å²) in [6.07, 6.45) is 3.63. The number of nitrogens with zero attached hydrogens (tertiary/aromatic N) is 6. The quantitative estimate of drug-likeness (QED) is 0.460. The van der Waals surface area contributed by atoms with Crippen LogP contribution >= 0.6 is 0 Å². The van der Waals surface area contributed by atoms with E-state index in [9.17, 15) is 14.7 Å². The Morgan fingerprint density at radius 2 is 2.00 bits per heavy atom. The van der Waals surface area contributed by atoms with Crippen LogP contribution in [0.5, 0.6) is 0 Å². The van der Waals surface area contributed by atoms with Crippen LogP contribution in [0.3, 0.4) is 0 Å². The standard InChI is InChI=1S/C26H26N6O3/c1-3-32-23-7-6-20(16(2)25(23)29-30-32)21(13-24(33)34)18-5-4-17-9-11-31(14-19(17)12-18)26(35)22-8-10-27-15-28-22/h4-8,10,12,15,21H,3,9,11,13-14H2,1-2H3,(H,33,34). The van der Waals surface area contributed by atoms with Crippen molar-refractivity contribution < 1.29 is 14.7 Å². The number of hydrogen-bond donors (Lipinski definition) is 1. The van der Waals surface area contributed by atoms with Gasteiger partial charge in [0.25, 0.3) is 5.91 Å². The van der Waals surface area contributed by atoms with E-state index in [0.717, 1.165) is 39.7 Å². The zero-order valence-corrected chi connectivity index (χ0v) is 19.7. The maximum absolute atomic E-state index is 12.9. The Morgan fingerprint density at radius 1 is 1.14 bits per heavy atom. The summed E-state index contributed by atoms with van der Waals surface area (Å²) in [6, 6.07) is 11.7. The number of carbonyl (C=O) groups excluding carboxylic acids is 1. The van der Waals surface area contributed by atoms with Gasteiger partial charge < -0.3 is 10.0 Å². The number of benzene rings is 2. The van der Waals surface area contributed by atoms with Crippen LogP contribution in [0.15, 0.2) is 48.9 Å². The van der Waals surface area contributed by atoms with E-state index in [0.29, 0.717) is 25.3 Å². The first kappa shape index (κ1) is 22.6. The molecule has 2 aromatic carbocycles. The van der Waals surface area contributed by atoms with E-state index >= 15 is 0 Å². The number of carboxylic acids is 1. The number of carboxylic acid groups (broad SMARTS) is 1. The molecule has 9 nitrogen and oxygen atoms in total. The van der Waals surface area contributed by atoms with Gasteiger partial charge in [0.15, 0.2) is 0 Å². The van der Waals surface area contributed by atoms with Crippen LogP contribution < -0.4 is 0 Å². The Morgan fingerprint density at radius 3 is 2.74 bits per heavy atom. The third-order valence-corrected chi connectivity index (χ3v) is 6.77. The largest absolute Gasteiger partial charge is 0.481 e. The molecular formula is C26H26N6O3. The summed E-state index contributed by atoms with van der Waals surface area (Å²) < 4.78 is 1.83. The average Bonchev–Trinajstić information content (AvgIpc) is 3.31. The Balaban J connectivity index is 1.50. The smallest absolute Gasteiger partial charge is 0.304 e. The van der Waals surface area contributed by atoms with E-state index in [-0.39, 0.29) is 18.2 Å². The van der Waals surface area contributed by atoms with E-state index in [4.69, 9.17) is 0 Å². The van der Waals surface area contributed by atoms with Gasteiger partial charge >= 0.3 is 5.97 Å². The van der Waals surface area contributed by atoms with Gasteiger partial charge in [0.1, 0.15) is 17.5 Å². The second-order valence-corrected chi connectivity index (χ2v) is 8.80. The van der Waals surface area contributed by atoms with Crippen molar-refractivity contribution in [2.24, 2.45) is 0 Å². The number of fused-ring (bicyclic) bond motifs is 2. The highest BCUT2D eigenvalue weighted by molar-refractivity contribution is 5.92. The molecule has 0 saturated carbocycles. The number of amides is 1. The van der Waals surface area contributed by atoms with Gasteiger partial charge in [-0.15, -0.1) is 5.10 Å². The summed E-state index contributed by atoms with van der Waals surface area (Å²) in [5, 5.41) is 18.3. The van der Waals surface area contributed by atoms with Crippen LogP contribution in [0.1, 0.15) is 57.6 Å². The highest BCUT2D eigenvalue weighted by Gasteiger charge is 2.26. The zero-order chi connectivity index (χ0) is 24.5. The van der Waals surface area contributed by atoms with Crippen molar-refractivity contribution in [3.8, 4) is 0 Å². The molecule has 0 fully saturated rings. The zero-order valence-electron chi connectivity index (χ0n) is 19.7. The normalized spacial score (nSPS) is 14.1. The van der Waals surface area contributed by atoms with Crippen LogP contribution in [0.2, 0.25) is 0 Å². The van der Waals surface area contributed by atoms with Crippen molar-refractivity contribution in [3.63, 3.8) is 0 Å². The number of rotatable bonds is 6. The minimum absolute atomic E-state index is 0.0450. The predicted octanol–water partition coefficient (Wildman–Crippen LogP) is 3.35. The lowest BCUT2D eigenvalue weighted by atomic mass is 9.83. The van der Waals surface area contributed by atoms with E-state index in [2.05, 4.69) is 32.4 Å². The summed E-state index contributed by atoms with van der Waals surface area (Å²) in [6.45, 7) is 5.76. The molecule has 1 aliphatic rings. The van der Waals surface area contributed by atoms with Crippen LogP contribution in [0, 0.1) is 6.92 Å². The summed E-state index contributed by atoms with van der Waals surface area (Å²) in [4.78, 5) is 34.6. The van der Waals surface area contributed by atoms with Gasteiger partial charge in [-0.2, -0.15) is 0 Å². The molecule has 178 valence electrons. The maximum Gasteiger partial charge on any atom is 0.304 e. The summed E-state index contributed by atoms with van der Waals surface area (Å²) in [5.41, 5.74) is 7.07. The Hall–Kier alpha value is -4.14. The Kier molecular flexibility index (Phi) is 5.98. The molecule has 0 radical (unpaired) electrons. The Bertz CT molecular complexity index is 1420. The molecule has 4 aromatic rings. The molecule has 0 aliphatic carbocycles. The average molecular weight is 471 g/mol. The molecule has 1 amide bonds. The number of hydrogen-bond acceptors (Lipinski definition) is 6. The minimum Gasteiger partial charge on any atom is -0.481 e. The molecule has 0 bridgehead atoms. The topological polar surface area (TPSA) is 114 Å². The third-order valence-electron chi connectivity index (χ3n) is 6.77. The van der Waals surface area contributed by atoms with E-state index in [1.165, 1.54) is 11.9 Å². The molecule has 1 aliphatic heterocycles. The Labute approximate surface area is 202 Å². The van der Waals surface area contributed by atoms with Crippen LogP contribution in [0.4, 0.5) is 0 Å². The maximum atomic E-state index is 12.9. The first-order valence-electron chi connectivity index (χ1n) is 11.7. The lowest BCUT2D eigenvalue weighted by Crippen LogP contribution is -2.36. The van der Waals surface area contributed by atoms with E-state index in [1.807, 2.05) is 36.7 Å². The van der Waals surface area contributed by atoms with E-state index in [1.54, 1.807) is 17.2 Å². The number of aromatic nitrogens is 5. The fraction of sp³-hybridized carbons (Fsp3) is 0.308. The van der Waals surface area contributed by atoms with Gasteiger partial charge in [-0.05, 0) is 60.2 Å². The molecule has 35 heavy (non-hydrogen) atoms. The molecule has 5 rings (SSSR count). The first-order chi connectivity index (χ1) is 17.0. The van der Waals surface area contributed by atoms with Crippen molar-refractivity contribution in [1.82, 2.24) is 29.9 Å². The second-order valence-electron chi connectivity index (χ2n) is 8.80.